The van der Waals surface area contributed by atoms with E-state index in [4.69, 9.17) is 10.8 Å². The summed E-state index contributed by atoms with van der Waals surface area (Å²) in [5, 5.41) is 8.06. The SMILES string of the molecule is [15NH2][13CH2][13C](=O)[13CH2][13CH2][13C](=O)O. The molecule has 0 amide bonds. The maximum Gasteiger partial charge on any atom is 0.303 e. The van der Waals surface area contributed by atoms with Crippen LogP contribution in [0.25, 0.3) is 0 Å². The van der Waals surface area contributed by atoms with Crippen molar-refractivity contribution in [2.24, 2.45) is 5.73 Å². The van der Waals surface area contributed by atoms with Crippen molar-refractivity contribution in [2.45, 2.75) is 12.8 Å². The van der Waals surface area contributed by atoms with Gasteiger partial charge in [0.2, 0.25) is 0 Å². The van der Waals surface area contributed by atoms with E-state index < -0.39 is 5.97 Å². The van der Waals surface area contributed by atoms with E-state index in [0.29, 0.717) is 0 Å². The zero-order chi connectivity index (χ0) is 7.28. The lowest BCUT2D eigenvalue weighted by Gasteiger charge is -1.90. The number of carboxylic acid groups (broad SMARTS) is 1. The van der Waals surface area contributed by atoms with Crippen molar-refractivity contribution in [3.8, 4) is 0 Å². The molecule has 0 unspecified atom stereocenters. The summed E-state index contributed by atoms with van der Waals surface area (Å²) in [7, 11) is 0. The van der Waals surface area contributed by atoms with Gasteiger partial charge in [-0.2, -0.15) is 0 Å². The number of carbonyl (C=O) groups excluding carboxylic acids is 1. The van der Waals surface area contributed by atoms with Gasteiger partial charge in [-0.3, -0.25) is 9.59 Å². The van der Waals surface area contributed by atoms with E-state index in [1.807, 2.05) is 0 Å². The van der Waals surface area contributed by atoms with Crippen LogP contribution in [-0.2, 0) is 9.59 Å². The van der Waals surface area contributed by atoms with Crippen molar-refractivity contribution in [3.05, 3.63) is 0 Å². The first kappa shape index (κ1) is 8.10. The average Bonchev–Trinajstić information content (AvgIpc) is 1.83. The standard InChI is InChI=1S/C5H9NO3/c6-3-4(7)1-2-5(8)9/h1-3,6H2,(H,8,9)/i1+1,2+1,3+1,4+1,5+1,6+1. The van der Waals surface area contributed by atoms with Gasteiger partial charge in [-0.05, 0) is 0 Å². The van der Waals surface area contributed by atoms with Crippen molar-refractivity contribution < 1.29 is 14.7 Å². The molecule has 0 rings (SSSR count). The van der Waals surface area contributed by atoms with Crippen molar-refractivity contribution in [2.75, 3.05) is 6.54 Å². The Kier molecular flexibility index (Phi) is 3.62. The Balaban J connectivity index is 3.28. The minimum Gasteiger partial charge on any atom is -0.481 e. The van der Waals surface area contributed by atoms with Crippen molar-refractivity contribution >= 4 is 11.8 Å². The van der Waals surface area contributed by atoms with Crippen molar-refractivity contribution in [1.29, 1.82) is 0 Å². The highest BCUT2D eigenvalue weighted by Gasteiger charge is 2.01. The molecule has 0 aromatic rings. The zero-order valence-electron chi connectivity index (χ0n) is 4.96. The minimum atomic E-state index is -0.961. The van der Waals surface area contributed by atoms with Crippen LogP contribution in [0.1, 0.15) is 12.8 Å². The quantitative estimate of drug-likeness (QED) is 0.399. The summed E-state index contributed by atoms with van der Waals surface area (Å²) in [5.74, 6) is -1.17. The van der Waals surface area contributed by atoms with Gasteiger partial charge in [0.1, 0.15) is 5.78 Å². The Morgan fingerprint density at radius 3 is 2.22 bits per heavy atom. The molecule has 0 aliphatic heterocycles. The van der Waals surface area contributed by atoms with Gasteiger partial charge < -0.3 is 10.8 Å². The van der Waals surface area contributed by atoms with Crippen molar-refractivity contribution in [3.63, 3.8) is 0 Å². The van der Waals surface area contributed by atoms with Crippen LogP contribution in [0, 0.1) is 0 Å². The summed E-state index contributed by atoms with van der Waals surface area (Å²) in [4.78, 5) is 20.2. The Morgan fingerprint density at radius 2 is 1.89 bits per heavy atom. The number of hydrogen-bond acceptors (Lipinski definition) is 3. The molecule has 0 saturated heterocycles. The van der Waals surface area contributed by atoms with Gasteiger partial charge in [0.05, 0.1) is 13.0 Å². The van der Waals surface area contributed by atoms with E-state index in [0.717, 1.165) is 0 Å². The Hall–Kier alpha value is -0.900. The van der Waals surface area contributed by atoms with Crippen LogP contribution in [0.15, 0.2) is 0 Å². The molecule has 4 nitrogen and oxygen atoms in total. The van der Waals surface area contributed by atoms with E-state index in [1.165, 1.54) is 0 Å². The molecule has 4 heteroatoms. The predicted octanol–water partition coefficient (Wildman–Crippen LogP) is -0.621. The van der Waals surface area contributed by atoms with Gasteiger partial charge in [-0.1, -0.05) is 0 Å². The number of carbonyl (C=O) groups is 2. The molecule has 0 fully saturated rings. The maximum atomic E-state index is 10.3. The lowest BCUT2D eigenvalue weighted by Crippen LogP contribution is -2.14. The predicted molar refractivity (Wildman–Crippen MR) is 30.9 cm³/mol. The number of Topliss-reactive ketones (excluding diaryl/α,β-unsaturated/α-hetero) is 1. The maximum absolute atomic E-state index is 10.3. The summed E-state index contributed by atoms with van der Waals surface area (Å²) in [5.41, 5.74) is 4.92. The largest absolute Gasteiger partial charge is 0.481 e. The highest BCUT2D eigenvalue weighted by Crippen LogP contribution is 1.87. The molecule has 0 bridgehead atoms. The third-order valence-corrected chi connectivity index (χ3v) is 0.845. The van der Waals surface area contributed by atoms with Crippen LogP contribution in [-0.4, -0.2) is 23.4 Å². The second-order valence-corrected chi connectivity index (χ2v) is 1.64. The zero-order valence-corrected chi connectivity index (χ0v) is 4.96. The molecule has 3 N–H and O–H groups in total. The molecule has 0 aromatic carbocycles. The molecule has 9 heavy (non-hydrogen) atoms. The van der Waals surface area contributed by atoms with Gasteiger partial charge in [0.15, 0.2) is 0 Å². The van der Waals surface area contributed by atoms with Gasteiger partial charge in [0, 0.05) is 6.42 Å². The van der Waals surface area contributed by atoms with E-state index in [2.05, 4.69) is 0 Å². The van der Waals surface area contributed by atoms with Crippen LogP contribution in [0.4, 0.5) is 0 Å². The number of hydrogen-bond donors (Lipinski definition) is 2. The van der Waals surface area contributed by atoms with E-state index in [1.54, 1.807) is 0 Å². The van der Waals surface area contributed by atoms with Crippen LogP contribution in [0.5, 0.6) is 0 Å². The average molecular weight is 137 g/mol. The molecule has 0 aliphatic rings. The topological polar surface area (TPSA) is 80.4 Å². The van der Waals surface area contributed by atoms with Crippen LogP contribution in [0.3, 0.4) is 0 Å². The van der Waals surface area contributed by atoms with Crippen molar-refractivity contribution in [1.82, 2.24) is 0 Å². The molecule has 0 heterocycles. The monoisotopic (exact) mass is 137 g/mol. The minimum absolute atomic E-state index is 0.0475. The van der Waals surface area contributed by atoms with Crippen LogP contribution < -0.4 is 5.73 Å². The first-order valence-electron chi connectivity index (χ1n) is 2.60. The van der Waals surface area contributed by atoms with Gasteiger partial charge in [0.25, 0.3) is 0 Å². The summed E-state index contributed by atoms with van der Waals surface area (Å²) in [6, 6.07) is 0. The first-order valence-corrected chi connectivity index (χ1v) is 2.60. The fourth-order valence-corrected chi connectivity index (χ4v) is 0.348. The fourth-order valence-electron chi connectivity index (χ4n) is 0.348. The molecule has 0 saturated carbocycles. The molecule has 52 valence electrons. The van der Waals surface area contributed by atoms with Crippen LogP contribution >= 0.6 is 0 Å². The summed E-state index contributed by atoms with van der Waals surface area (Å²) >= 11 is 0. The number of aliphatic carboxylic acids is 1. The first-order chi connectivity index (χ1) is 4.16. The molecule has 0 atom stereocenters. The van der Waals surface area contributed by atoms with Gasteiger partial charge in [-0.25, -0.2) is 0 Å². The number of carboxylic acids is 1. The lowest BCUT2D eigenvalue weighted by atomic mass is 11.2. The number of ketones is 1. The molecular weight excluding hydrogens is 128 g/mol. The Morgan fingerprint density at radius 1 is 1.33 bits per heavy atom. The van der Waals surface area contributed by atoms with E-state index in [9.17, 15) is 9.59 Å². The summed E-state index contributed by atoms with van der Waals surface area (Å²) < 4.78 is 0. The number of rotatable bonds is 4. The van der Waals surface area contributed by atoms with Gasteiger partial charge >= 0.3 is 5.97 Å². The smallest absolute Gasteiger partial charge is 0.303 e. The second kappa shape index (κ2) is 4.03. The molecule has 0 spiro atoms. The lowest BCUT2D eigenvalue weighted by molar-refractivity contribution is -0.138. The van der Waals surface area contributed by atoms with E-state index >= 15 is 0 Å². The third kappa shape index (κ3) is 4.96. The highest BCUT2D eigenvalue weighted by atomic mass is 16.5. The van der Waals surface area contributed by atoms with E-state index in [-0.39, 0.29) is 25.2 Å². The Bertz CT molecular complexity index is 121. The van der Waals surface area contributed by atoms with Gasteiger partial charge in [-0.15, -0.1) is 0 Å². The second-order valence-electron chi connectivity index (χ2n) is 1.64. The Labute approximate surface area is 52.7 Å². The fraction of sp³-hybridized carbons (Fsp3) is 0.600. The molecule has 0 aliphatic carbocycles. The normalized spacial score (nSPS) is 9.00. The molecular formula is C5H9NO3. The molecule has 0 aromatic heterocycles. The summed E-state index contributed by atoms with van der Waals surface area (Å²) in [6.07, 6.45) is -0.0676. The highest BCUT2D eigenvalue weighted by molar-refractivity contribution is 5.83. The third-order valence-electron chi connectivity index (χ3n) is 0.845. The van der Waals surface area contributed by atoms with Crippen LogP contribution in [0.2, 0.25) is 0 Å². The summed E-state index contributed by atoms with van der Waals surface area (Å²) in [6.45, 7) is -0.0622. The number of nitrogens with two attached hydrogens (primary N) is 1. The molecule has 0 radical (unpaired) electrons.